The SMILES string of the molecule is C=CCNC(=O)c1ccc(NC2CCCCC2OC)cc1. The minimum atomic E-state index is -0.0751. The smallest absolute Gasteiger partial charge is 0.251 e. The van der Waals surface area contributed by atoms with Gasteiger partial charge in [0.05, 0.1) is 12.1 Å². The molecule has 4 heteroatoms. The van der Waals surface area contributed by atoms with Gasteiger partial charge in [0.1, 0.15) is 0 Å². The second-order valence-electron chi connectivity index (χ2n) is 5.39. The number of amides is 1. The fourth-order valence-corrected chi connectivity index (χ4v) is 2.74. The number of methoxy groups -OCH3 is 1. The molecule has 1 amide bonds. The van der Waals surface area contributed by atoms with Gasteiger partial charge in [-0.05, 0) is 37.1 Å². The van der Waals surface area contributed by atoms with Crippen molar-refractivity contribution in [3.05, 3.63) is 42.5 Å². The van der Waals surface area contributed by atoms with Crippen LogP contribution in [0.4, 0.5) is 5.69 Å². The molecule has 1 fully saturated rings. The van der Waals surface area contributed by atoms with E-state index < -0.39 is 0 Å². The average Bonchev–Trinajstić information content (AvgIpc) is 2.54. The van der Waals surface area contributed by atoms with Gasteiger partial charge in [-0.1, -0.05) is 18.9 Å². The Morgan fingerprint density at radius 2 is 2.05 bits per heavy atom. The van der Waals surface area contributed by atoms with Gasteiger partial charge >= 0.3 is 0 Å². The van der Waals surface area contributed by atoms with Crippen LogP contribution in [0.25, 0.3) is 0 Å². The number of benzene rings is 1. The Hall–Kier alpha value is -1.81. The quantitative estimate of drug-likeness (QED) is 0.791. The highest BCUT2D eigenvalue weighted by molar-refractivity contribution is 5.94. The van der Waals surface area contributed by atoms with Crippen molar-refractivity contribution in [2.45, 2.75) is 37.8 Å². The Balaban J connectivity index is 1.95. The molecule has 2 atom stereocenters. The van der Waals surface area contributed by atoms with Crippen LogP contribution in [0, 0.1) is 0 Å². The normalized spacial score (nSPS) is 21.6. The summed E-state index contributed by atoms with van der Waals surface area (Å²) in [4.78, 5) is 11.8. The van der Waals surface area contributed by atoms with Crippen LogP contribution in [0.2, 0.25) is 0 Å². The van der Waals surface area contributed by atoms with Crippen molar-refractivity contribution in [3.8, 4) is 0 Å². The van der Waals surface area contributed by atoms with E-state index in [1.54, 1.807) is 13.2 Å². The van der Waals surface area contributed by atoms with E-state index in [0.717, 1.165) is 18.5 Å². The molecule has 1 aliphatic rings. The highest BCUT2D eigenvalue weighted by Gasteiger charge is 2.24. The lowest BCUT2D eigenvalue weighted by Gasteiger charge is -2.31. The lowest BCUT2D eigenvalue weighted by atomic mass is 9.92. The van der Waals surface area contributed by atoms with Gasteiger partial charge in [-0.3, -0.25) is 4.79 Å². The van der Waals surface area contributed by atoms with Crippen molar-refractivity contribution < 1.29 is 9.53 Å². The van der Waals surface area contributed by atoms with Crippen LogP contribution in [0.5, 0.6) is 0 Å². The number of nitrogens with one attached hydrogen (secondary N) is 2. The molecule has 4 nitrogen and oxygen atoms in total. The molecule has 0 bridgehead atoms. The number of carbonyl (C=O) groups excluding carboxylic acids is 1. The molecule has 1 aromatic carbocycles. The average molecular weight is 288 g/mol. The number of rotatable bonds is 6. The van der Waals surface area contributed by atoms with Gasteiger partial charge in [0.25, 0.3) is 5.91 Å². The molecule has 0 aromatic heterocycles. The number of carbonyl (C=O) groups is 1. The molecule has 0 saturated heterocycles. The topological polar surface area (TPSA) is 50.4 Å². The highest BCUT2D eigenvalue weighted by Crippen LogP contribution is 2.24. The summed E-state index contributed by atoms with van der Waals surface area (Å²) in [6, 6.07) is 7.93. The predicted octanol–water partition coefficient (Wildman–Crippen LogP) is 2.97. The standard InChI is InChI=1S/C17H24N2O2/c1-3-12-18-17(20)13-8-10-14(11-9-13)19-15-6-4-5-7-16(15)21-2/h3,8-11,15-16,19H,1,4-7,12H2,2H3,(H,18,20). The Morgan fingerprint density at radius 3 is 2.71 bits per heavy atom. The summed E-state index contributed by atoms with van der Waals surface area (Å²) in [5.74, 6) is -0.0751. The minimum absolute atomic E-state index is 0.0751. The van der Waals surface area contributed by atoms with Gasteiger partial charge in [-0.15, -0.1) is 6.58 Å². The van der Waals surface area contributed by atoms with Gasteiger partial charge in [0.15, 0.2) is 0 Å². The third-order valence-electron chi connectivity index (χ3n) is 3.91. The zero-order valence-electron chi connectivity index (χ0n) is 12.6. The summed E-state index contributed by atoms with van der Waals surface area (Å²) in [7, 11) is 1.78. The van der Waals surface area contributed by atoms with Crippen LogP contribution in [0.1, 0.15) is 36.0 Å². The number of ether oxygens (including phenoxy) is 1. The van der Waals surface area contributed by atoms with Crippen molar-refractivity contribution in [1.82, 2.24) is 5.32 Å². The first-order valence-corrected chi connectivity index (χ1v) is 7.53. The van der Waals surface area contributed by atoms with Gasteiger partial charge < -0.3 is 15.4 Å². The predicted molar refractivity (Wildman–Crippen MR) is 85.6 cm³/mol. The van der Waals surface area contributed by atoms with E-state index in [1.165, 1.54) is 12.8 Å². The fourth-order valence-electron chi connectivity index (χ4n) is 2.74. The number of hydrogen-bond donors (Lipinski definition) is 2. The number of anilines is 1. The summed E-state index contributed by atoms with van der Waals surface area (Å²) in [6.07, 6.45) is 6.64. The lowest BCUT2D eigenvalue weighted by molar-refractivity contribution is 0.0606. The Kier molecular flexibility index (Phi) is 5.81. The maximum atomic E-state index is 11.8. The molecular weight excluding hydrogens is 264 g/mol. The zero-order valence-corrected chi connectivity index (χ0v) is 12.6. The van der Waals surface area contributed by atoms with Gasteiger partial charge in [-0.25, -0.2) is 0 Å². The fraction of sp³-hybridized carbons (Fsp3) is 0.471. The van der Waals surface area contributed by atoms with Crippen molar-refractivity contribution in [2.24, 2.45) is 0 Å². The summed E-state index contributed by atoms with van der Waals surface area (Å²) < 4.78 is 5.55. The van der Waals surface area contributed by atoms with E-state index in [-0.39, 0.29) is 12.0 Å². The molecule has 21 heavy (non-hydrogen) atoms. The van der Waals surface area contributed by atoms with Crippen LogP contribution in [0.3, 0.4) is 0 Å². The largest absolute Gasteiger partial charge is 0.380 e. The van der Waals surface area contributed by atoms with Crippen molar-refractivity contribution in [3.63, 3.8) is 0 Å². The molecule has 1 saturated carbocycles. The van der Waals surface area contributed by atoms with E-state index in [1.807, 2.05) is 24.3 Å². The molecule has 1 aromatic rings. The Morgan fingerprint density at radius 1 is 1.33 bits per heavy atom. The summed E-state index contributed by atoms with van der Waals surface area (Å²) in [5.41, 5.74) is 1.69. The van der Waals surface area contributed by atoms with E-state index in [9.17, 15) is 4.79 Å². The second-order valence-corrected chi connectivity index (χ2v) is 5.39. The van der Waals surface area contributed by atoms with Gasteiger partial charge in [0.2, 0.25) is 0 Å². The molecule has 1 aliphatic carbocycles. The van der Waals surface area contributed by atoms with Crippen LogP contribution in [-0.4, -0.2) is 31.7 Å². The van der Waals surface area contributed by atoms with Crippen molar-refractivity contribution in [2.75, 3.05) is 19.0 Å². The molecule has 0 aliphatic heterocycles. The first-order valence-electron chi connectivity index (χ1n) is 7.53. The first-order chi connectivity index (χ1) is 10.2. The van der Waals surface area contributed by atoms with Gasteiger partial charge in [0, 0.05) is 24.9 Å². The van der Waals surface area contributed by atoms with Gasteiger partial charge in [-0.2, -0.15) is 0 Å². The summed E-state index contributed by atoms with van der Waals surface area (Å²) in [6.45, 7) is 4.07. The molecule has 2 N–H and O–H groups in total. The monoisotopic (exact) mass is 288 g/mol. The third kappa shape index (κ3) is 4.33. The van der Waals surface area contributed by atoms with E-state index in [0.29, 0.717) is 18.2 Å². The second kappa shape index (κ2) is 7.84. The Labute approximate surface area is 126 Å². The van der Waals surface area contributed by atoms with Crippen LogP contribution in [0.15, 0.2) is 36.9 Å². The maximum Gasteiger partial charge on any atom is 0.251 e. The molecular formula is C17H24N2O2. The van der Waals surface area contributed by atoms with Crippen molar-refractivity contribution >= 4 is 11.6 Å². The summed E-state index contributed by atoms with van der Waals surface area (Å²) in [5, 5.41) is 6.29. The highest BCUT2D eigenvalue weighted by atomic mass is 16.5. The first kappa shape index (κ1) is 15.6. The van der Waals surface area contributed by atoms with Crippen molar-refractivity contribution in [1.29, 1.82) is 0 Å². The minimum Gasteiger partial charge on any atom is -0.380 e. The maximum absolute atomic E-state index is 11.8. The molecule has 0 radical (unpaired) electrons. The molecule has 114 valence electrons. The number of hydrogen-bond acceptors (Lipinski definition) is 3. The molecule has 0 spiro atoms. The van der Waals surface area contributed by atoms with Crippen LogP contribution < -0.4 is 10.6 Å². The third-order valence-corrected chi connectivity index (χ3v) is 3.91. The molecule has 0 heterocycles. The van der Waals surface area contributed by atoms with E-state index in [2.05, 4.69) is 17.2 Å². The zero-order chi connectivity index (χ0) is 15.1. The van der Waals surface area contributed by atoms with Crippen LogP contribution >= 0.6 is 0 Å². The van der Waals surface area contributed by atoms with E-state index in [4.69, 9.17) is 4.74 Å². The Bertz CT molecular complexity index is 470. The summed E-state index contributed by atoms with van der Waals surface area (Å²) >= 11 is 0. The van der Waals surface area contributed by atoms with E-state index >= 15 is 0 Å². The lowest BCUT2D eigenvalue weighted by Crippen LogP contribution is -2.37. The molecule has 2 rings (SSSR count). The molecule has 2 unspecified atom stereocenters. The van der Waals surface area contributed by atoms with Crippen LogP contribution in [-0.2, 0) is 4.74 Å².